The van der Waals surface area contributed by atoms with Gasteiger partial charge in [-0.3, -0.25) is 0 Å². The summed E-state index contributed by atoms with van der Waals surface area (Å²) < 4.78 is 2.29. The van der Waals surface area contributed by atoms with Gasteiger partial charge in [0.2, 0.25) is 0 Å². The molecule has 0 spiro atoms. The molecular formula is C12H20N2. The molecule has 2 heterocycles. The monoisotopic (exact) mass is 192 g/mol. The molecule has 0 aliphatic carbocycles. The lowest BCUT2D eigenvalue weighted by atomic mass is 10.1. The van der Waals surface area contributed by atoms with Gasteiger partial charge in [0.1, 0.15) is 0 Å². The third-order valence-electron chi connectivity index (χ3n) is 3.26. The van der Waals surface area contributed by atoms with E-state index < -0.39 is 0 Å². The SMILES string of the molecule is CN1CCCCc2ccn(C)c2CC1. The van der Waals surface area contributed by atoms with Gasteiger partial charge in [-0.2, -0.15) is 0 Å². The number of aryl methyl sites for hydroxylation is 2. The van der Waals surface area contributed by atoms with E-state index in [0.717, 1.165) is 0 Å². The first-order chi connectivity index (χ1) is 6.77. The van der Waals surface area contributed by atoms with Crippen LogP contribution in [0.15, 0.2) is 12.3 Å². The minimum absolute atomic E-state index is 1.20. The van der Waals surface area contributed by atoms with Crippen molar-refractivity contribution in [3.05, 3.63) is 23.5 Å². The van der Waals surface area contributed by atoms with Gasteiger partial charge in [-0.05, 0) is 44.5 Å². The van der Waals surface area contributed by atoms with E-state index >= 15 is 0 Å². The normalized spacial score (nSPS) is 19.6. The molecule has 0 unspecified atom stereocenters. The van der Waals surface area contributed by atoms with E-state index in [1.54, 1.807) is 11.3 Å². The van der Waals surface area contributed by atoms with Crippen LogP contribution in [-0.2, 0) is 19.9 Å². The van der Waals surface area contributed by atoms with E-state index in [9.17, 15) is 0 Å². The molecule has 1 aromatic heterocycles. The molecule has 0 amide bonds. The summed E-state index contributed by atoms with van der Waals surface area (Å²) in [6.07, 6.45) is 7.35. The number of nitrogens with zero attached hydrogens (tertiary/aromatic N) is 2. The molecule has 1 aliphatic rings. The fraction of sp³-hybridized carbons (Fsp3) is 0.667. The minimum atomic E-state index is 1.20. The number of fused-ring (bicyclic) bond motifs is 1. The van der Waals surface area contributed by atoms with E-state index in [1.165, 1.54) is 38.8 Å². The summed E-state index contributed by atoms with van der Waals surface area (Å²) in [5.74, 6) is 0. The quantitative estimate of drug-likeness (QED) is 0.609. The van der Waals surface area contributed by atoms with Crippen LogP contribution in [0.2, 0.25) is 0 Å². The number of hydrogen-bond acceptors (Lipinski definition) is 1. The summed E-state index contributed by atoms with van der Waals surface area (Å²) in [4.78, 5) is 2.45. The summed E-state index contributed by atoms with van der Waals surface area (Å²) in [5.41, 5.74) is 3.11. The molecule has 2 heteroatoms. The fourth-order valence-electron chi connectivity index (χ4n) is 2.28. The van der Waals surface area contributed by atoms with E-state index in [1.807, 2.05) is 0 Å². The van der Waals surface area contributed by atoms with Gasteiger partial charge in [-0.1, -0.05) is 0 Å². The molecule has 14 heavy (non-hydrogen) atoms. The van der Waals surface area contributed by atoms with Crippen LogP contribution >= 0.6 is 0 Å². The summed E-state index contributed by atoms with van der Waals surface area (Å²) in [6.45, 7) is 2.46. The van der Waals surface area contributed by atoms with Gasteiger partial charge < -0.3 is 9.47 Å². The Hall–Kier alpha value is -0.760. The van der Waals surface area contributed by atoms with Crippen LogP contribution in [0.25, 0.3) is 0 Å². The molecule has 1 aromatic rings. The van der Waals surface area contributed by atoms with Crippen LogP contribution in [0.4, 0.5) is 0 Å². The van der Waals surface area contributed by atoms with Gasteiger partial charge in [-0.25, -0.2) is 0 Å². The zero-order valence-corrected chi connectivity index (χ0v) is 9.29. The molecule has 0 saturated heterocycles. The Morgan fingerprint density at radius 1 is 1.07 bits per heavy atom. The van der Waals surface area contributed by atoms with Crippen molar-refractivity contribution < 1.29 is 0 Å². The summed E-state index contributed by atoms with van der Waals surface area (Å²) >= 11 is 0. The molecule has 0 fully saturated rings. The molecule has 0 bridgehead atoms. The highest BCUT2D eigenvalue weighted by Crippen LogP contribution is 2.16. The Morgan fingerprint density at radius 2 is 1.93 bits per heavy atom. The summed E-state index contributed by atoms with van der Waals surface area (Å²) in [6, 6.07) is 2.29. The Balaban J connectivity index is 2.18. The standard InChI is InChI=1S/C12H20N2/c1-13-8-4-3-5-11-6-10-14(2)12(11)7-9-13/h6,10H,3-5,7-9H2,1-2H3. The highest BCUT2D eigenvalue weighted by Gasteiger charge is 2.10. The molecule has 78 valence electrons. The maximum atomic E-state index is 2.45. The Labute approximate surface area is 86.5 Å². The van der Waals surface area contributed by atoms with Gasteiger partial charge in [0.25, 0.3) is 0 Å². The fourth-order valence-corrected chi connectivity index (χ4v) is 2.28. The van der Waals surface area contributed by atoms with Crippen molar-refractivity contribution in [3.8, 4) is 0 Å². The van der Waals surface area contributed by atoms with Crippen LogP contribution in [0.3, 0.4) is 0 Å². The van der Waals surface area contributed by atoms with Crippen molar-refractivity contribution >= 4 is 0 Å². The maximum Gasteiger partial charge on any atom is 0.0216 e. The number of aromatic nitrogens is 1. The smallest absolute Gasteiger partial charge is 0.0216 e. The topological polar surface area (TPSA) is 8.17 Å². The average molecular weight is 192 g/mol. The van der Waals surface area contributed by atoms with Crippen molar-refractivity contribution in [2.24, 2.45) is 7.05 Å². The molecule has 2 nitrogen and oxygen atoms in total. The van der Waals surface area contributed by atoms with Crippen LogP contribution in [0, 0.1) is 0 Å². The Kier molecular flexibility index (Phi) is 2.92. The van der Waals surface area contributed by atoms with Gasteiger partial charge in [0, 0.05) is 31.9 Å². The zero-order chi connectivity index (χ0) is 9.97. The lowest BCUT2D eigenvalue weighted by Gasteiger charge is -2.15. The number of rotatable bonds is 0. The van der Waals surface area contributed by atoms with Crippen molar-refractivity contribution in [2.45, 2.75) is 25.7 Å². The van der Waals surface area contributed by atoms with Gasteiger partial charge in [0.05, 0.1) is 0 Å². The summed E-state index contributed by atoms with van der Waals surface area (Å²) in [7, 11) is 4.39. The Bertz CT molecular complexity index is 301. The van der Waals surface area contributed by atoms with Gasteiger partial charge >= 0.3 is 0 Å². The maximum absolute atomic E-state index is 2.45. The lowest BCUT2D eigenvalue weighted by molar-refractivity contribution is 0.331. The summed E-state index contributed by atoms with van der Waals surface area (Å²) in [5, 5.41) is 0. The highest BCUT2D eigenvalue weighted by molar-refractivity contribution is 5.23. The third-order valence-corrected chi connectivity index (χ3v) is 3.26. The molecule has 2 rings (SSSR count). The second-order valence-corrected chi connectivity index (χ2v) is 4.41. The van der Waals surface area contributed by atoms with Crippen LogP contribution in [0.1, 0.15) is 24.1 Å². The molecule has 0 radical (unpaired) electrons. The van der Waals surface area contributed by atoms with Crippen LogP contribution in [0.5, 0.6) is 0 Å². The largest absolute Gasteiger partial charge is 0.354 e. The van der Waals surface area contributed by atoms with E-state index in [4.69, 9.17) is 0 Å². The van der Waals surface area contributed by atoms with E-state index in [2.05, 4.69) is 35.8 Å². The van der Waals surface area contributed by atoms with Gasteiger partial charge in [-0.15, -0.1) is 0 Å². The molecule has 1 aliphatic heterocycles. The van der Waals surface area contributed by atoms with Crippen molar-refractivity contribution in [3.63, 3.8) is 0 Å². The molecule has 0 aromatic carbocycles. The van der Waals surface area contributed by atoms with Crippen LogP contribution < -0.4 is 0 Å². The lowest BCUT2D eigenvalue weighted by Crippen LogP contribution is -2.22. The predicted octanol–water partition coefficient (Wildman–Crippen LogP) is 1.84. The van der Waals surface area contributed by atoms with Gasteiger partial charge in [0.15, 0.2) is 0 Å². The van der Waals surface area contributed by atoms with Crippen molar-refractivity contribution in [1.29, 1.82) is 0 Å². The molecule has 0 N–H and O–H groups in total. The first kappa shape index (κ1) is 9.78. The molecule has 0 atom stereocenters. The second kappa shape index (κ2) is 4.18. The zero-order valence-electron chi connectivity index (χ0n) is 9.29. The molecule has 0 saturated carbocycles. The number of hydrogen-bond donors (Lipinski definition) is 0. The number of likely N-dealkylation sites (N-methyl/N-ethyl adjacent to an activating group) is 1. The van der Waals surface area contributed by atoms with Crippen molar-refractivity contribution in [2.75, 3.05) is 20.1 Å². The third kappa shape index (κ3) is 2.01. The highest BCUT2D eigenvalue weighted by atomic mass is 15.1. The first-order valence-electron chi connectivity index (χ1n) is 5.59. The van der Waals surface area contributed by atoms with E-state index in [-0.39, 0.29) is 0 Å². The molecular weight excluding hydrogens is 172 g/mol. The van der Waals surface area contributed by atoms with E-state index in [0.29, 0.717) is 0 Å². The van der Waals surface area contributed by atoms with Crippen LogP contribution in [-0.4, -0.2) is 29.6 Å². The predicted molar refractivity (Wildman–Crippen MR) is 59.6 cm³/mol. The van der Waals surface area contributed by atoms with Crippen molar-refractivity contribution in [1.82, 2.24) is 9.47 Å². The Morgan fingerprint density at radius 3 is 2.79 bits per heavy atom. The minimum Gasteiger partial charge on any atom is -0.354 e. The second-order valence-electron chi connectivity index (χ2n) is 4.41. The first-order valence-corrected chi connectivity index (χ1v) is 5.59. The average Bonchev–Trinajstić information content (AvgIpc) is 2.54.